The Kier molecular flexibility index (Phi) is 6.27. The molecular weight excluding hydrogens is 266 g/mol. The minimum Gasteiger partial charge on any atom is -0.470 e. The molecule has 1 atom stereocenters. The molecule has 1 aromatic heterocycles. The highest BCUT2D eigenvalue weighted by Crippen LogP contribution is 2.25. The summed E-state index contributed by atoms with van der Waals surface area (Å²) in [5.41, 5.74) is 6.14. The Morgan fingerprint density at radius 2 is 1.95 bits per heavy atom. The molecule has 5 heteroatoms. The van der Waals surface area contributed by atoms with Crippen LogP contribution >= 0.6 is 0 Å². The molecule has 0 bridgehead atoms. The Labute approximate surface area is 128 Å². The number of nitrogen functional groups attached to an aromatic ring is 1. The molecule has 0 saturated heterocycles. The van der Waals surface area contributed by atoms with Gasteiger partial charge in [-0.2, -0.15) is 4.98 Å². The van der Waals surface area contributed by atoms with Gasteiger partial charge in [0.15, 0.2) is 0 Å². The second kappa shape index (κ2) is 7.50. The van der Waals surface area contributed by atoms with Crippen molar-refractivity contribution < 1.29 is 9.47 Å². The standard InChI is InChI=1S/C16H29N3O2/c1-7-20-10-13(11(2)3)18-14-9-8-12(17)15(19-14)21-16(4,5)6/h8-9,11,13H,7,10,17H2,1-6H3,(H,18,19). The van der Waals surface area contributed by atoms with Gasteiger partial charge in [0.25, 0.3) is 0 Å². The van der Waals surface area contributed by atoms with Crippen molar-refractivity contribution in [2.24, 2.45) is 5.92 Å². The van der Waals surface area contributed by atoms with E-state index in [1.165, 1.54) is 0 Å². The van der Waals surface area contributed by atoms with E-state index in [9.17, 15) is 0 Å². The van der Waals surface area contributed by atoms with Crippen LogP contribution in [0.3, 0.4) is 0 Å². The second-order valence-electron chi connectivity index (χ2n) is 6.46. The monoisotopic (exact) mass is 295 g/mol. The molecule has 1 aromatic rings. The van der Waals surface area contributed by atoms with Gasteiger partial charge >= 0.3 is 0 Å². The van der Waals surface area contributed by atoms with Gasteiger partial charge in [-0.15, -0.1) is 0 Å². The highest BCUT2D eigenvalue weighted by molar-refractivity contribution is 5.54. The number of nitrogens with one attached hydrogen (secondary N) is 1. The first-order valence-electron chi connectivity index (χ1n) is 7.52. The predicted octanol–water partition coefficient (Wildman–Crippen LogP) is 3.31. The maximum Gasteiger partial charge on any atom is 0.239 e. The molecule has 0 aliphatic carbocycles. The summed E-state index contributed by atoms with van der Waals surface area (Å²) in [5, 5.41) is 3.39. The van der Waals surface area contributed by atoms with Crippen molar-refractivity contribution in [2.75, 3.05) is 24.3 Å². The van der Waals surface area contributed by atoms with Crippen LogP contribution in [-0.2, 0) is 4.74 Å². The number of anilines is 2. The number of hydrogen-bond donors (Lipinski definition) is 2. The van der Waals surface area contributed by atoms with E-state index >= 15 is 0 Å². The lowest BCUT2D eigenvalue weighted by atomic mass is 10.1. The van der Waals surface area contributed by atoms with Crippen molar-refractivity contribution in [3.8, 4) is 5.88 Å². The maximum atomic E-state index is 5.93. The SMILES string of the molecule is CCOCC(Nc1ccc(N)c(OC(C)(C)C)n1)C(C)C. The topological polar surface area (TPSA) is 69.4 Å². The first-order valence-corrected chi connectivity index (χ1v) is 7.52. The van der Waals surface area contributed by atoms with Gasteiger partial charge in [-0.25, -0.2) is 0 Å². The smallest absolute Gasteiger partial charge is 0.239 e. The van der Waals surface area contributed by atoms with Gasteiger partial charge in [0.2, 0.25) is 5.88 Å². The van der Waals surface area contributed by atoms with E-state index in [1.807, 2.05) is 39.8 Å². The van der Waals surface area contributed by atoms with E-state index < -0.39 is 0 Å². The number of hydrogen-bond acceptors (Lipinski definition) is 5. The molecule has 0 saturated carbocycles. The largest absolute Gasteiger partial charge is 0.470 e. The van der Waals surface area contributed by atoms with Crippen LogP contribution in [0.1, 0.15) is 41.5 Å². The van der Waals surface area contributed by atoms with Crippen LogP contribution in [0.15, 0.2) is 12.1 Å². The average Bonchev–Trinajstić information content (AvgIpc) is 2.36. The number of ether oxygens (including phenoxy) is 2. The van der Waals surface area contributed by atoms with Crippen LogP contribution in [0.25, 0.3) is 0 Å². The minimum atomic E-state index is -0.331. The summed E-state index contributed by atoms with van der Waals surface area (Å²) in [6, 6.07) is 3.88. The summed E-state index contributed by atoms with van der Waals surface area (Å²) in [7, 11) is 0. The molecule has 0 aliphatic rings. The fourth-order valence-electron chi connectivity index (χ4n) is 1.74. The summed E-state index contributed by atoms with van der Waals surface area (Å²) in [5.74, 6) is 1.65. The normalized spacial score (nSPS) is 13.3. The van der Waals surface area contributed by atoms with Gasteiger partial charge in [0.05, 0.1) is 18.3 Å². The van der Waals surface area contributed by atoms with Crippen LogP contribution in [0.5, 0.6) is 5.88 Å². The van der Waals surface area contributed by atoms with E-state index in [4.69, 9.17) is 15.2 Å². The van der Waals surface area contributed by atoms with Crippen molar-refractivity contribution in [2.45, 2.75) is 53.2 Å². The zero-order chi connectivity index (χ0) is 16.0. The number of rotatable bonds is 7. The molecule has 3 N–H and O–H groups in total. The van der Waals surface area contributed by atoms with Gasteiger partial charge < -0.3 is 20.5 Å². The van der Waals surface area contributed by atoms with Crippen LogP contribution in [-0.4, -0.2) is 29.8 Å². The van der Waals surface area contributed by atoms with Crippen molar-refractivity contribution >= 4 is 11.5 Å². The fourth-order valence-corrected chi connectivity index (χ4v) is 1.74. The summed E-state index contributed by atoms with van der Waals surface area (Å²) >= 11 is 0. The van der Waals surface area contributed by atoms with Crippen molar-refractivity contribution in [3.63, 3.8) is 0 Å². The summed E-state index contributed by atoms with van der Waals surface area (Å²) < 4.78 is 11.3. The van der Waals surface area contributed by atoms with E-state index in [2.05, 4.69) is 24.1 Å². The van der Waals surface area contributed by atoms with E-state index in [-0.39, 0.29) is 11.6 Å². The van der Waals surface area contributed by atoms with E-state index in [0.29, 0.717) is 30.7 Å². The highest BCUT2D eigenvalue weighted by Gasteiger charge is 2.18. The molecule has 0 radical (unpaired) electrons. The zero-order valence-corrected chi connectivity index (χ0v) is 14.1. The summed E-state index contributed by atoms with van der Waals surface area (Å²) in [6.07, 6.45) is 0. The number of pyridine rings is 1. The summed E-state index contributed by atoms with van der Waals surface area (Å²) in [6.45, 7) is 13.6. The van der Waals surface area contributed by atoms with Gasteiger partial charge in [0.1, 0.15) is 11.4 Å². The van der Waals surface area contributed by atoms with Crippen LogP contribution in [0.2, 0.25) is 0 Å². The third kappa shape index (κ3) is 6.21. The second-order valence-corrected chi connectivity index (χ2v) is 6.46. The first kappa shape index (κ1) is 17.6. The van der Waals surface area contributed by atoms with Crippen LogP contribution in [0.4, 0.5) is 11.5 Å². The molecule has 1 heterocycles. The van der Waals surface area contributed by atoms with Gasteiger partial charge in [0, 0.05) is 6.61 Å². The molecule has 0 spiro atoms. The Hall–Kier alpha value is -1.49. The van der Waals surface area contributed by atoms with Crippen molar-refractivity contribution in [3.05, 3.63) is 12.1 Å². The van der Waals surface area contributed by atoms with Crippen LogP contribution in [0, 0.1) is 5.92 Å². The lowest BCUT2D eigenvalue weighted by molar-refractivity contribution is 0.123. The molecule has 120 valence electrons. The van der Waals surface area contributed by atoms with Crippen molar-refractivity contribution in [1.82, 2.24) is 4.98 Å². The lowest BCUT2D eigenvalue weighted by Gasteiger charge is -2.25. The Balaban J connectivity index is 2.85. The molecule has 5 nitrogen and oxygen atoms in total. The molecule has 1 unspecified atom stereocenters. The zero-order valence-electron chi connectivity index (χ0n) is 14.1. The number of nitrogens with zero attached hydrogens (tertiary/aromatic N) is 1. The van der Waals surface area contributed by atoms with Gasteiger partial charge in [-0.1, -0.05) is 13.8 Å². The van der Waals surface area contributed by atoms with E-state index in [0.717, 1.165) is 5.82 Å². The Morgan fingerprint density at radius 1 is 1.29 bits per heavy atom. The molecule has 0 fully saturated rings. The highest BCUT2D eigenvalue weighted by atomic mass is 16.5. The molecular formula is C16H29N3O2. The lowest BCUT2D eigenvalue weighted by Crippen LogP contribution is -2.31. The number of nitrogens with two attached hydrogens (primary N) is 1. The third-order valence-corrected chi connectivity index (χ3v) is 2.93. The Morgan fingerprint density at radius 3 is 2.48 bits per heavy atom. The van der Waals surface area contributed by atoms with Crippen molar-refractivity contribution in [1.29, 1.82) is 0 Å². The minimum absolute atomic E-state index is 0.198. The average molecular weight is 295 g/mol. The molecule has 0 amide bonds. The maximum absolute atomic E-state index is 5.93. The van der Waals surface area contributed by atoms with Crippen LogP contribution < -0.4 is 15.8 Å². The third-order valence-electron chi connectivity index (χ3n) is 2.93. The summed E-state index contributed by atoms with van der Waals surface area (Å²) in [4.78, 5) is 4.47. The number of aromatic nitrogens is 1. The van der Waals surface area contributed by atoms with Gasteiger partial charge in [-0.3, -0.25) is 0 Å². The molecule has 0 aliphatic heterocycles. The Bertz CT molecular complexity index is 442. The molecule has 21 heavy (non-hydrogen) atoms. The predicted molar refractivity (Wildman–Crippen MR) is 87.8 cm³/mol. The quantitative estimate of drug-likeness (QED) is 0.807. The fraction of sp³-hybridized carbons (Fsp3) is 0.688. The molecule has 0 aromatic carbocycles. The van der Waals surface area contributed by atoms with E-state index in [1.54, 1.807) is 0 Å². The molecule has 1 rings (SSSR count). The van der Waals surface area contributed by atoms with Gasteiger partial charge in [-0.05, 0) is 45.7 Å². The first-order chi connectivity index (χ1) is 9.73.